The molecule has 37 heavy (non-hydrogen) atoms. The summed E-state index contributed by atoms with van der Waals surface area (Å²) in [4.78, 5) is 21.5. The third-order valence-electron chi connectivity index (χ3n) is 5.69. The van der Waals surface area contributed by atoms with Crippen LogP contribution in [0.15, 0.2) is 64.7 Å². The first-order valence-corrected chi connectivity index (χ1v) is 13.1. The average Bonchev–Trinajstić information content (AvgIpc) is 2.85. The summed E-state index contributed by atoms with van der Waals surface area (Å²) in [7, 11) is -0.985. The Hall–Kier alpha value is -3.54. The van der Waals surface area contributed by atoms with E-state index in [1.165, 1.54) is 19.4 Å². The van der Waals surface area contributed by atoms with Crippen LogP contribution in [0.4, 0.5) is 10.1 Å². The molecule has 12 heteroatoms. The zero-order chi connectivity index (χ0) is 26.7. The Kier molecular flexibility index (Phi) is 7.76. The summed E-state index contributed by atoms with van der Waals surface area (Å²) >= 11 is 5.97. The fourth-order valence-corrected chi connectivity index (χ4v) is 5.54. The van der Waals surface area contributed by atoms with Crippen molar-refractivity contribution in [3.05, 3.63) is 76.2 Å². The first kappa shape index (κ1) is 26.5. The lowest BCUT2D eigenvalue weighted by molar-refractivity contribution is 0.400. The summed E-state index contributed by atoms with van der Waals surface area (Å²) in [6, 6.07) is 9.71. The van der Waals surface area contributed by atoms with E-state index in [9.17, 15) is 17.6 Å². The summed E-state index contributed by atoms with van der Waals surface area (Å²) in [5, 5.41) is 3.25. The van der Waals surface area contributed by atoms with Gasteiger partial charge >= 0.3 is 0 Å². The second-order valence-corrected chi connectivity index (χ2v) is 10.6. The molecule has 0 saturated heterocycles. The third-order valence-corrected chi connectivity index (χ3v) is 7.54. The molecule has 4 rings (SSSR count). The Bertz CT molecular complexity index is 1630. The molecule has 1 unspecified atom stereocenters. The van der Waals surface area contributed by atoms with Crippen molar-refractivity contribution >= 4 is 38.2 Å². The van der Waals surface area contributed by atoms with Crippen LogP contribution in [0.3, 0.4) is 0 Å². The summed E-state index contributed by atoms with van der Waals surface area (Å²) < 4.78 is 48.6. The van der Waals surface area contributed by atoms with Crippen LogP contribution in [0, 0.1) is 11.7 Å². The third kappa shape index (κ3) is 5.74. The molecule has 2 N–H and O–H groups in total. The molecule has 0 aliphatic carbocycles. The van der Waals surface area contributed by atoms with Gasteiger partial charge in [0.2, 0.25) is 5.88 Å². The fraction of sp³-hybridized carbons (Fsp3) is 0.240. The Morgan fingerprint density at radius 3 is 2.62 bits per heavy atom. The maximum Gasteiger partial charge on any atom is 0.263 e. The number of fused-ring (bicyclic) bond motifs is 1. The van der Waals surface area contributed by atoms with Crippen molar-refractivity contribution in [2.75, 3.05) is 25.4 Å². The molecular weight excluding hydrogens is 521 g/mol. The van der Waals surface area contributed by atoms with Crippen molar-refractivity contribution in [1.29, 1.82) is 0 Å². The summed E-state index contributed by atoms with van der Waals surface area (Å²) in [6.45, 7) is 3.30. The van der Waals surface area contributed by atoms with E-state index in [0.717, 1.165) is 24.7 Å². The molecule has 0 spiro atoms. The van der Waals surface area contributed by atoms with Crippen molar-refractivity contribution in [1.82, 2.24) is 19.9 Å². The Balaban J connectivity index is 1.73. The molecule has 2 heterocycles. The lowest BCUT2D eigenvalue weighted by atomic mass is 10.0. The van der Waals surface area contributed by atoms with Crippen molar-refractivity contribution < 1.29 is 17.5 Å². The van der Waals surface area contributed by atoms with Gasteiger partial charge in [0.25, 0.3) is 15.6 Å². The SMILES string of the molecule is CNCC(C)Cn1cnc2ccc(-c3cnc(OC)c(NS(=O)(=O)c4ccc(F)cc4Cl)c3)cc2c1=O. The standard InChI is InChI=1S/C25H25ClFN5O4S/c1-15(11-28-2)13-32-14-30-21-6-4-16(8-19(21)25(32)33)17-9-22(24(36-3)29-12-17)31-37(34,35)23-7-5-18(27)10-20(23)26/h4-10,12,14-15,28,31H,11,13H2,1-3H3. The Morgan fingerprint density at radius 1 is 1.14 bits per heavy atom. The molecule has 0 aliphatic rings. The summed E-state index contributed by atoms with van der Waals surface area (Å²) in [5.74, 6) is -0.415. The van der Waals surface area contributed by atoms with Crippen LogP contribution in [-0.4, -0.2) is 43.7 Å². The molecule has 0 radical (unpaired) electrons. The topological polar surface area (TPSA) is 115 Å². The zero-order valence-electron chi connectivity index (χ0n) is 20.3. The van der Waals surface area contributed by atoms with Gasteiger partial charge in [-0.15, -0.1) is 0 Å². The van der Waals surface area contributed by atoms with Crippen LogP contribution in [0.5, 0.6) is 5.88 Å². The number of benzene rings is 2. The number of nitrogens with one attached hydrogen (secondary N) is 2. The summed E-state index contributed by atoms with van der Waals surface area (Å²) in [6.07, 6.45) is 3.05. The fourth-order valence-electron chi connectivity index (χ4n) is 3.96. The van der Waals surface area contributed by atoms with Crippen LogP contribution in [-0.2, 0) is 16.6 Å². The van der Waals surface area contributed by atoms with Gasteiger partial charge in [0.1, 0.15) is 16.4 Å². The number of ether oxygens (including phenoxy) is 1. The molecule has 4 aromatic rings. The van der Waals surface area contributed by atoms with E-state index in [1.54, 1.807) is 29.1 Å². The van der Waals surface area contributed by atoms with E-state index >= 15 is 0 Å². The molecule has 0 fully saturated rings. The molecule has 194 valence electrons. The second kappa shape index (κ2) is 10.8. The minimum atomic E-state index is -4.19. The van der Waals surface area contributed by atoms with Crippen LogP contribution in [0.2, 0.25) is 5.02 Å². The van der Waals surface area contributed by atoms with Gasteiger partial charge in [-0.3, -0.25) is 14.1 Å². The Morgan fingerprint density at radius 2 is 1.92 bits per heavy atom. The highest BCUT2D eigenvalue weighted by atomic mass is 35.5. The van der Waals surface area contributed by atoms with E-state index in [0.29, 0.717) is 28.6 Å². The number of hydrogen-bond acceptors (Lipinski definition) is 7. The smallest absolute Gasteiger partial charge is 0.263 e. The van der Waals surface area contributed by atoms with Gasteiger partial charge in [-0.1, -0.05) is 24.6 Å². The van der Waals surface area contributed by atoms with E-state index in [4.69, 9.17) is 16.3 Å². The number of methoxy groups -OCH3 is 1. The van der Waals surface area contributed by atoms with Crippen LogP contribution < -0.4 is 20.3 Å². The molecule has 0 aliphatic heterocycles. The van der Waals surface area contributed by atoms with Crippen LogP contribution in [0.1, 0.15) is 6.92 Å². The molecule has 0 saturated carbocycles. The number of sulfonamides is 1. The maximum absolute atomic E-state index is 13.4. The van der Waals surface area contributed by atoms with E-state index < -0.39 is 15.8 Å². The van der Waals surface area contributed by atoms with Crippen LogP contribution >= 0.6 is 11.6 Å². The summed E-state index contributed by atoms with van der Waals surface area (Å²) in [5.41, 5.74) is 1.57. The highest BCUT2D eigenvalue weighted by molar-refractivity contribution is 7.92. The molecule has 1 atom stereocenters. The number of nitrogens with zero attached hydrogens (tertiary/aromatic N) is 3. The molecule has 9 nitrogen and oxygen atoms in total. The van der Waals surface area contributed by atoms with Gasteiger partial charge < -0.3 is 10.1 Å². The maximum atomic E-state index is 13.4. The van der Waals surface area contributed by atoms with Crippen molar-refractivity contribution in [2.24, 2.45) is 5.92 Å². The molecule has 2 aromatic heterocycles. The zero-order valence-corrected chi connectivity index (χ0v) is 21.9. The predicted molar refractivity (Wildman–Crippen MR) is 141 cm³/mol. The van der Waals surface area contributed by atoms with Gasteiger partial charge in [-0.2, -0.15) is 0 Å². The number of halogens is 2. The minimum Gasteiger partial charge on any atom is -0.480 e. The number of hydrogen-bond donors (Lipinski definition) is 2. The molecule has 0 amide bonds. The second-order valence-electron chi connectivity index (χ2n) is 8.56. The molecular formula is C25H25ClFN5O4S. The number of aromatic nitrogens is 3. The lowest BCUT2D eigenvalue weighted by Crippen LogP contribution is -2.27. The van der Waals surface area contributed by atoms with Crippen molar-refractivity contribution in [3.8, 4) is 17.0 Å². The van der Waals surface area contributed by atoms with E-state index in [-0.39, 0.29) is 33.0 Å². The quantitative estimate of drug-likeness (QED) is 0.327. The largest absolute Gasteiger partial charge is 0.480 e. The first-order valence-electron chi connectivity index (χ1n) is 11.3. The first-order chi connectivity index (χ1) is 17.6. The van der Waals surface area contributed by atoms with Gasteiger partial charge in [-0.25, -0.2) is 22.8 Å². The van der Waals surface area contributed by atoms with Gasteiger partial charge in [-0.05, 0) is 61.5 Å². The van der Waals surface area contributed by atoms with Crippen molar-refractivity contribution in [2.45, 2.75) is 18.4 Å². The number of pyridine rings is 1. The van der Waals surface area contributed by atoms with Gasteiger partial charge in [0.15, 0.2) is 0 Å². The highest BCUT2D eigenvalue weighted by Gasteiger charge is 2.21. The van der Waals surface area contributed by atoms with Gasteiger partial charge in [0.05, 0.1) is 29.4 Å². The normalized spacial score (nSPS) is 12.5. The van der Waals surface area contributed by atoms with E-state index in [1.807, 2.05) is 14.0 Å². The number of rotatable bonds is 9. The minimum absolute atomic E-state index is 0.0221. The predicted octanol–water partition coefficient (Wildman–Crippen LogP) is 3.92. The van der Waals surface area contributed by atoms with E-state index in [2.05, 4.69) is 20.0 Å². The Labute approximate surface area is 218 Å². The lowest BCUT2D eigenvalue weighted by Gasteiger charge is -2.14. The number of anilines is 1. The van der Waals surface area contributed by atoms with Crippen molar-refractivity contribution in [3.63, 3.8) is 0 Å². The van der Waals surface area contributed by atoms with Gasteiger partial charge in [0, 0.05) is 18.3 Å². The average molecular weight is 546 g/mol. The monoisotopic (exact) mass is 545 g/mol. The molecule has 0 bridgehead atoms. The highest BCUT2D eigenvalue weighted by Crippen LogP contribution is 2.32. The molecule has 2 aromatic carbocycles. The van der Waals surface area contributed by atoms with Crippen LogP contribution in [0.25, 0.3) is 22.0 Å².